The first kappa shape index (κ1) is 14.2. The zero-order valence-corrected chi connectivity index (χ0v) is 13.0. The third kappa shape index (κ3) is 3.46. The molecule has 0 bridgehead atoms. The highest BCUT2D eigenvalue weighted by Gasteiger charge is 2.12. The van der Waals surface area contributed by atoms with Crippen molar-refractivity contribution >= 4 is 57.0 Å². The highest BCUT2D eigenvalue weighted by molar-refractivity contribution is 8.29. The van der Waals surface area contributed by atoms with Gasteiger partial charge in [0.25, 0.3) is 0 Å². The Morgan fingerprint density at radius 1 is 1.05 bits per heavy atom. The third-order valence-corrected chi connectivity index (χ3v) is 5.40. The van der Waals surface area contributed by atoms with Gasteiger partial charge in [-0.1, -0.05) is 17.8 Å². The Labute approximate surface area is 132 Å². The predicted octanol–water partition coefficient (Wildman–Crippen LogP) is 4.06. The number of thioether (sulfide) groups is 2. The maximum Gasteiger partial charge on any atom is 0.110 e. The van der Waals surface area contributed by atoms with Gasteiger partial charge in [-0.25, -0.2) is 4.99 Å². The number of hydrogen-bond acceptors (Lipinski definition) is 6. The van der Waals surface area contributed by atoms with Crippen molar-refractivity contribution < 1.29 is 0 Å². The van der Waals surface area contributed by atoms with Gasteiger partial charge in [-0.05, 0) is 36.4 Å². The molecular formula is C15H16N4S2. The number of para-hydroxylation sites is 1. The number of rotatable bonds is 3. The molecule has 6 heteroatoms. The normalized spacial score (nSPS) is 16.3. The molecule has 1 aliphatic rings. The smallest absolute Gasteiger partial charge is 0.110 e. The van der Waals surface area contributed by atoms with E-state index >= 15 is 0 Å². The molecule has 1 fully saturated rings. The van der Waals surface area contributed by atoms with Gasteiger partial charge in [0.05, 0.1) is 16.4 Å². The SMILES string of the molecule is Nc1ccc(Nc2cccc(N)c2N=C2CSCS2)cc1. The molecule has 0 amide bonds. The minimum atomic E-state index is 0.681. The molecule has 0 atom stereocenters. The van der Waals surface area contributed by atoms with Crippen LogP contribution in [0, 0.1) is 0 Å². The second-order valence-electron chi connectivity index (χ2n) is 4.61. The number of aliphatic imine (C=N–C) groups is 1. The highest BCUT2D eigenvalue weighted by Crippen LogP contribution is 2.36. The van der Waals surface area contributed by atoms with Crippen LogP contribution in [0.15, 0.2) is 47.5 Å². The van der Waals surface area contributed by atoms with Crippen LogP contribution < -0.4 is 16.8 Å². The van der Waals surface area contributed by atoms with Gasteiger partial charge >= 0.3 is 0 Å². The summed E-state index contributed by atoms with van der Waals surface area (Å²) in [5.74, 6) is 0.959. The summed E-state index contributed by atoms with van der Waals surface area (Å²) in [6.07, 6.45) is 0. The van der Waals surface area contributed by atoms with Crippen LogP contribution in [0.3, 0.4) is 0 Å². The molecule has 4 nitrogen and oxygen atoms in total. The molecule has 108 valence electrons. The number of nitrogens with one attached hydrogen (secondary N) is 1. The van der Waals surface area contributed by atoms with Crippen molar-refractivity contribution in [2.75, 3.05) is 27.6 Å². The van der Waals surface area contributed by atoms with Crippen molar-refractivity contribution in [3.8, 4) is 0 Å². The van der Waals surface area contributed by atoms with Crippen molar-refractivity contribution in [3.63, 3.8) is 0 Å². The summed E-state index contributed by atoms with van der Waals surface area (Å²) >= 11 is 3.65. The van der Waals surface area contributed by atoms with Gasteiger partial charge < -0.3 is 16.8 Å². The van der Waals surface area contributed by atoms with Crippen LogP contribution in [0.4, 0.5) is 28.4 Å². The molecule has 0 radical (unpaired) electrons. The summed E-state index contributed by atoms with van der Waals surface area (Å²) in [5.41, 5.74) is 15.9. The second kappa shape index (κ2) is 6.32. The fourth-order valence-corrected chi connectivity index (χ4v) is 4.17. The van der Waals surface area contributed by atoms with Crippen molar-refractivity contribution in [1.29, 1.82) is 0 Å². The molecule has 0 aromatic heterocycles. The molecule has 0 saturated carbocycles. The van der Waals surface area contributed by atoms with Gasteiger partial charge in [0.1, 0.15) is 5.69 Å². The van der Waals surface area contributed by atoms with Crippen LogP contribution in [0.5, 0.6) is 0 Å². The Morgan fingerprint density at radius 3 is 2.57 bits per heavy atom. The van der Waals surface area contributed by atoms with E-state index in [2.05, 4.69) is 5.32 Å². The third-order valence-electron chi connectivity index (χ3n) is 3.03. The summed E-state index contributed by atoms with van der Waals surface area (Å²) in [6, 6.07) is 13.4. The van der Waals surface area contributed by atoms with Gasteiger partial charge in [0.15, 0.2) is 0 Å². The minimum absolute atomic E-state index is 0.681. The molecule has 0 unspecified atom stereocenters. The first-order valence-electron chi connectivity index (χ1n) is 6.51. The first-order valence-corrected chi connectivity index (χ1v) is 8.65. The molecule has 1 aliphatic heterocycles. The summed E-state index contributed by atoms with van der Waals surface area (Å²) < 4.78 is 0. The Kier molecular flexibility index (Phi) is 4.26. The van der Waals surface area contributed by atoms with Crippen LogP contribution in [-0.2, 0) is 0 Å². The topological polar surface area (TPSA) is 76.4 Å². The lowest BCUT2D eigenvalue weighted by Crippen LogP contribution is -1.96. The van der Waals surface area contributed by atoms with E-state index < -0.39 is 0 Å². The Morgan fingerprint density at radius 2 is 1.86 bits per heavy atom. The molecule has 21 heavy (non-hydrogen) atoms. The van der Waals surface area contributed by atoms with E-state index in [1.54, 1.807) is 11.8 Å². The Hall–Kier alpha value is -1.79. The molecule has 2 aromatic carbocycles. The first-order chi connectivity index (χ1) is 10.2. The van der Waals surface area contributed by atoms with E-state index in [1.807, 2.05) is 54.2 Å². The molecule has 5 N–H and O–H groups in total. The van der Waals surface area contributed by atoms with Gasteiger partial charge in [-0.3, -0.25) is 0 Å². The zero-order chi connectivity index (χ0) is 14.7. The van der Waals surface area contributed by atoms with Crippen LogP contribution in [0.25, 0.3) is 0 Å². The van der Waals surface area contributed by atoms with Gasteiger partial charge in [-0.15, -0.1) is 11.8 Å². The quantitative estimate of drug-likeness (QED) is 0.744. The van der Waals surface area contributed by atoms with Crippen molar-refractivity contribution in [2.45, 2.75) is 0 Å². The molecular weight excluding hydrogens is 300 g/mol. The lowest BCUT2D eigenvalue weighted by atomic mass is 10.2. The predicted molar refractivity (Wildman–Crippen MR) is 97.0 cm³/mol. The fourth-order valence-electron chi connectivity index (χ4n) is 1.98. The van der Waals surface area contributed by atoms with Crippen molar-refractivity contribution in [1.82, 2.24) is 0 Å². The number of anilines is 4. The number of nitrogen functional groups attached to an aromatic ring is 2. The van der Waals surface area contributed by atoms with E-state index in [0.717, 1.165) is 38.6 Å². The van der Waals surface area contributed by atoms with E-state index in [-0.39, 0.29) is 0 Å². The number of benzene rings is 2. The second-order valence-corrected chi connectivity index (χ2v) is 7.01. The number of nitrogens with two attached hydrogens (primary N) is 2. The largest absolute Gasteiger partial charge is 0.399 e. The lowest BCUT2D eigenvalue weighted by Gasteiger charge is -2.12. The number of nitrogens with zero attached hydrogens (tertiary/aromatic N) is 1. The molecule has 1 saturated heterocycles. The highest BCUT2D eigenvalue weighted by atomic mass is 32.2. The van der Waals surface area contributed by atoms with Crippen LogP contribution >= 0.6 is 23.5 Å². The van der Waals surface area contributed by atoms with Crippen molar-refractivity contribution in [2.24, 2.45) is 4.99 Å². The molecule has 1 heterocycles. The number of hydrogen-bond donors (Lipinski definition) is 3. The fraction of sp³-hybridized carbons (Fsp3) is 0.133. The molecule has 2 aromatic rings. The van der Waals surface area contributed by atoms with E-state index in [0.29, 0.717) is 5.69 Å². The van der Waals surface area contributed by atoms with Crippen LogP contribution in [-0.4, -0.2) is 15.9 Å². The standard InChI is InChI=1S/C15H16N4S2/c16-10-4-6-11(7-5-10)18-13-3-1-2-12(17)15(13)19-14-8-20-9-21-14/h1-7,18H,8-9,16-17H2. The average Bonchev–Trinajstić information content (AvgIpc) is 2.98. The maximum atomic E-state index is 6.09. The maximum absolute atomic E-state index is 6.09. The Bertz CT molecular complexity index is 660. The summed E-state index contributed by atoms with van der Waals surface area (Å²) in [6.45, 7) is 0. The minimum Gasteiger partial charge on any atom is -0.399 e. The summed E-state index contributed by atoms with van der Waals surface area (Å²) in [5, 5.41) is 5.54. The van der Waals surface area contributed by atoms with E-state index in [1.165, 1.54) is 0 Å². The summed E-state index contributed by atoms with van der Waals surface area (Å²) in [4.78, 5) is 4.72. The van der Waals surface area contributed by atoms with Crippen LogP contribution in [0.2, 0.25) is 0 Å². The van der Waals surface area contributed by atoms with Crippen molar-refractivity contribution in [3.05, 3.63) is 42.5 Å². The zero-order valence-electron chi connectivity index (χ0n) is 11.4. The summed E-state index contributed by atoms with van der Waals surface area (Å²) in [7, 11) is 0. The van der Waals surface area contributed by atoms with E-state index in [9.17, 15) is 0 Å². The monoisotopic (exact) mass is 316 g/mol. The molecule has 3 rings (SSSR count). The van der Waals surface area contributed by atoms with Gasteiger partial charge in [-0.2, -0.15) is 0 Å². The van der Waals surface area contributed by atoms with Gasteiger partial charge in [0.2, 0.25) is 0 Å². The average molecular weight is 316 g/mol. The van der Waals surface area contributed by atoms with Crippen LogP contribution in [0.1, 0.15) is 0 Å². The van der Waals surface area contributed by atoms with Gasteiger partial charge in [0, 0.05) is 22.2 Å². The Balaban J connectivity index is 1.92. The lowest BCUT2D eigenvalue weighted by molar-refractivity contribution is 1.48. The molecule has 0 spiro atoms. The molecule has 0 aliphatic carbocycles. The van der Waals surface area contributed by atoms with E-state index in [4.69, 9.17) is 16.5 Å².